The summed E-state index contributed by atoms with van der Waals surface area (Å²) in [5.41, 5.74) is 0.576. The third kappa shape index (κ3) is 3.07. The van der Waals surface area contributed by atoms with Crippen molar-refractivity contribution in [2.45, 2.75) is 0 Å². The molecule has 0 radical (unpaired) electrons. The molecule has 0 spiro atoms. The van der Waals surface area contributed by atoms with Gasteiger partial charge in [-0.3, -0.25) is 4.79 Å². The molecule has 3 aromatic heterocycles. The first-order valence-corrected chi connectivity index (χ1v) is 8.04. The van der Waals surface area contributed by atoms with Gasteiger partial charge in [0.2, 0.25) is 5.13 Å². The summed E-state index contributed by atoms with van der Waals surface area (Å²) in [5, 5.41) is 5.57. The Morgan fingerprint density at radius 2 is 2.04 bits per heavy atom. The molecule has 1 amide bonds. The summed E-state index contributed by atoms with van der Waals surface area (Å²) in [7, 11) is 0. The van der Waals surface area contributed by atoms with E-state index in [9.17, 15) is 9.18 Å². The van der Waals surface area contributed by atoms with Gasteiger partial charge in [-0.2, -0.15) is 10.1 Å². The number of benzene rings is 1. The van der Waals surface area contributed by atoms with Gasteiger partial charge in [-0.05, 0) is 42.5 Å². The van der Waals surface area contributed by atoms with Crippen LogP contribution >= 0.6 is 11.3 Å². The molecular formula is C17H10FN3O3S. The van der Waals surface area contributed by atoms with E-state index < -0.39 is 5.91 Å². The minimum Gasteiger partial charge on any atom is -0.463 e. The van der Waals surface area contributed by atoms with Crippen LogP contribution in [0.25, 0.3) is 10.2 Å². The Bertz CT molecular complexity index is 1040. The molecule has 0 aliphatic rings. The molecule has 8 heteroatoms. The number of hydrogen-bond donors (Lipinski definition) is 0. The average molecular weight is 355 g/mol. The van der Waals surface area contributed by atoms with Crippen molar-refractivity contribution in [3.63, 3.8) is 0 Å². The number of furan rings is 2. The molecule has 0 unspecified atom stereocenters. The number of anilines is 1. The van der Waals surface area contributed by atoms with Crippen molar-refractivity contribution in [2.75, 3.05) is 5.01 Å². The third-order valence-corrected chi connectivity index (χ3v) is 4.28. The van der Waals surface area contributed by atoms with E-state index in [1.54, 1.807) is 24.3 Å². The van der Waals surface area contributed by atoms with Crippen molar-refractivity contribution in [1.82, 2.24) is 4.98 Å². The minimum atomic E-state index is -0.493. The number of aromatic nitrogens is 1. The number of carbonyl (C=O) groups excluding carboxylic acids is 1. The lowest BCUT2D eigenvalue weighted by Crippen LogP contribution is -2.25. The highest BCUT2D eigenvalue weighted by atomic mass is 32.1. The Hall–Kier alpha value is -3.26. The van der Waals surface area contributed by atoms with Gasteiger partial charge in [0.15, 0.2) is 5.76 Å². The molecule has 4 aromatic rings. The van der Waals surface area contributed by atoms with Crippen LogP contribution in [0.1, 0.15) is 16.3 Å². The number of rotatable bonds is 4. The van der Waals surface area contributed by atoms with Crippen LogP contribution in [-0.4, -0.2) is 17.1 Å². The SMILES string of the molecule is O=C(c1ccco1)N(/N=C/c1ccco1)c1nc2ccc(F)cc2s1. The summed E-state index contributed by atoms with van der Waals surface area (Å²) in [4.78, 5) is 17.0. The first kappa shape index (κ1) is 15.3. The summed E-state index contributed by atoms with van der Waals surface area (Å²) in [5.74, 6) is -0.274. The molecule has 6 nitrogen and oxygen atoms in total. The molecule has 0 saturated carbocycles. The van der Waals surface area contributed by atoms with E-state index in [1.807, 2.05) is 0 Å². The summed E-state index contributed by atoms with van der Waals surface area (Å²) in [6.07, 6.45) is 4.30. The minimum absolute atomic E-state index is 0.113. The van der Waals surface area contributed by atoms with E-state index in [-0.39, 0.29) is 11.6 Å². The van der Waals surface area contributed by atoms with Crippen molar-refractivity contribution in [3.05, 3.63) is 72.3 Å². The topological polar surface area (TPSA) is 71.8 Å². The van der Waals surface area contributed by atoms with Gasteiger partial charge in [-0.25, -0.2) is 9.37 Å². The number of thiazole rings is 1. The van der Waals surface area contributed by atoms with Crippen LogP contribution in [-0.2, 0) is 0 Å². The van der Waals surface area contributed by atoms with Crippen molar-refractivity contribution in [2.24, 2.45) is 5.10 Å². The first-order valence-electron chi connectivity index (χ1n) is 7.22. The Morgan fingerprint density at radius 1 is 1.20 bits per heavy atom. The number of carbonyl (C=O) groups is 1. The number of halogens is 1. The Kier molecular flexibility index (Phi) is 3.87. The summed E-state index contributed by atoms with van der Waals surface area (Å²) in [6.45, 7) is 0. The molecule has 1 aromatic carbocycles. The number of amides is 1. The second-order valence-corrected chi connectivity index (χ2v) is 5.97. The predicted octanol–water partition coefficient (Wildman–Crippen LogP) is 4.30. The van der Waals surface area contributed by atoms with Crippen molar-refractivity contribution >= 4 is 38.8 Å². The fraction of sp³-hybridized carbons (Fsp3) is 0. The third-order valence-electron chi connectivity index (χ3n) is 3.29. The Balaban J connectivity index is 1.76. The van der Waals surface area contributed by atoms with Gasteiger partial charge in [0.05, 0.1) is 29.0 Å². The second kappa shape index (κ2) is 6.33. The molecule has 0 N–H and O–H groups in total. The fourth-order valence-corrected chi connectivity index (χ4v) is 3.10. The maximum atomic E-state index is 13.4. The predicted molar refractivity (Wildman–Crippen MR) is 91.4 cm³/mol. The van der Waals surface area contributed by atoms with Crippen LogP contribution in [0.2, 0.25) is 0 Å². The van der Waals surface area contributed by atoms with Crippen LogP contribution in [0, 0.1) is 5.82 Å². The van der Waals surface area contributed by atoms with Crippen LogP contribution < -0.4 is 5.01 Å². The van der Waals surface area contributed by atoms with E-state index in [0.29, 0.717) is 21.1 Å². The lowest BCUT2D eigenvalue weighted by molar-refractivity contribution is 0.0961. The number of nitrogens with zero attached hydrogens (tertiary/aromatic N) is 3. The molecule has 4 rings (SSSR count). The molecule has 3 heterocycles. The molecule has 0 atom stereocenters. The van der Waals surface area contributed by atoms with Crippen LogP contribution in [0.3, 0.4) is 0 Å². The van der Waals surface area contributed by atoms with E-state index in [1.165, 1.54) is 36.9 Å². The smallest absolute Gasteiger partial charge is 0.316 e. The van der Waals surface area contributed by atoms with Gasteiger partial charge in [-0.15, -0.1) is 0 Å². The number of hydrogen-bond acceptors (Lipinski definition) is 6. The van der Waals surface area contributed by atoms with E-state index >= 15 is 0 Å². The zero-order valence-electron chi connectivity index (χ0n) is 12.6. The van der Waals surface area contributed by atoms with E-state index in [4.69, 9.17) is 8.83 Å². The van der Waals surface area contributed by atoms with Gasteiger partial charge < -0.3 is 8.83 Å². The molecule has 0 fully saturated rings. The summed E-state index contributed by atoms with van der Waals surface area (Å²) in [6, 6.07) is 10.8. The normalized spacial score (nSPS) is 11.4. The zero-order chi connectivity index (χ0) is 17.2. The lowest BCUT2D eigenvalue weighted by Gasteiger charge is -2.11. The van der Waals surface area contributed by atoms with E-state index in [2.05, 4.69) is 10.1 Å². The molecule has 0 saturated heterocycles. The zero-order valence-corrected chi connectivity index (χ0v) is 13.4. The van der Waals surface area contributed by atoms with Crippen molar-refractivity contribution in [1.29, 1.82) is 0 Å². The monoisotopic (exact) mass is 355 g/mol. The van der Waals surface area contributed by atoms with Crippen LogP contribution in [0.5, 0.6) is 0 Å². The molecule has 25 heavy (non-hydrogen) atoms. The highest BCUT2D eigenvalue weighted by molar-refractivity contribution is 7.22. The first-order chi connectivity index (χ1) is 12.2. The van der Waals surface area contributed by atoms with Crippen LogP contribution in [0.4, 0.5) is 9.52 Å². The van der Waals surface area contributed by atoms with Gasteiger partial charge >= 0.3 is 5.91 Å². The molecule has 0 aliphatic heterocycles. The number of fused-ring (bicyclic) bond motifs is 1. The van der Waals surface area contributed by atoms with E-state index in [0.717, 1.165) is 16.3 Å². The standard InChI is InChI=1S/C17H10FN3O3S/c18-11-5-6-13-15(9-11)25-17(20-13)21(16(22)14-4-2-8-24-14)19-10-12-3-1-7-23-12/h1-10H/b19-10+. The molecular weight excluding hydrogens is 345 g/mol. The van der Waals surface area contributed by atoms with Crippen molar-refractivity contribution in [3.8, 4) is 0 Å². The maximum Gasteiger partial charge on any atom is 0.316 e. The van der Waals surface area contributed by atoms with Gasteiger partial charge in [-0.1, -0.05) is 11.3 Å². The second-order valence-electron chi connectivity index (χ2n) is 4.96. The quantitative estimate of drug-likeness (QED) is 0.404. The molecule has 124 valence electrons. The largest absolute Gasteiger partial charge is 0.463 e. The number of hydrazone groups is 1. The summed E-state index contributed by atoms with van der Waals surface area (Å²) < 4.78 is 24.4. The lowest BCUT2D eigenvalue weighted by atomic mass is 10.3. The summed E-state index contributed by atoms with van der Waals surface area (Å²) >= 11 is 1.15. The Morgan fingerprint density at radius 3 is 2.80 bits per heavy atom. The fourth-order valence-electron chi connectivity index (χ4n) is 2.15. The highest BCUT2D eigenvalue weighted by Crippen LogP contribution is 2.30. The molecule has 0 aliphatic carbocycles. The van der Waals surface area contributed by atoms with Gasteiger partial charge in [0.25, 0.3) is 0 Å². The van der Waals surface area contributed by atoms with Gasteiger partial charge in [0.1, 0.15) is 11.6 Å². The van der Waals surface area contributed by atoms with Gasteiger partial charge in [0, 0.05) is 0 Å². The van der Waals surface area contributed by atoms with Crippen molar-refractivity contribution < 1.29 is 18.0 Å². The molecule has 0 bridgehead atoms. The van der Waals surface area contributed by atoms with Crippen LogP contribution in [0.15, 0.2) is 68.9 Å². The Labute approximate surface area is 144 Å². The highest BCUT2D eigenvalue weighted by Gasteiger charge is 2.23. The maximum absolute atomic E-state index is 13.4. The average Bonchev–Trinajstić information content (AvgIpc) is 3.36.